The molecule has 0 aliphatic carbocycles. The number of nitriles is 1. The number of methoxy groups -OCH3 is 1. The van der Waals surface area contributed by atoms with Gasteiger partial charge in [-0.05, 0) is 30.3 Å². The summed E-state index contributed by atoms with van der Waals surface area (Å²) in [6, 6.07) is 12.9. The molecule has 0 aliphatic heterocycles. The summed E-state index contributed by atoms with van der Waals surface area (Å²) >= 11 is 0. The smallest absolute Gasteiger partial charge is 0.121 e. The van der Waals surface area contributed by atoms with Crippen molar-refractivity contribution in [3.63, 3.8) is 0 Å². The van der Waals surface area contributed by atoms with Gasteiger partial charge in [0.15, 0.2) is 0 Å². The lowest BCUT2D eigenvalue weighted by molar-refractivity contribution is 0.415. The monoisotopic (exact) mass is 235 g/mol. The van der Waals surface area contributed by atoms with Crippen molar-refractivity contribution >= 4 is 22.1 Å². The maximum atomic E-state index is 8.86. The zero-order valence-corrected chi connectivity index (χ0v) is 9.71. The van der Waals surface area contributed by atoms with Crippen LogP contribution in [0.3, 0.4) is 0 Å². The lowest BCUT2D eigenvalue weighted by atomic mass is 10.2. The van der Waals surface area contributed by atoms with Crippen LogP contribution in [-0.2, 0) is 0 Å². The highest BCUT2D eigenvalue weighted by atomic mass is 16.5. The van der Waals surface area contributed by atoms with Crippen molar-refractivity contribution < 1.29 is 4.74 Å². The number of fused-ring (bicyclic) bond motifs is 2. The third-order valence-electron chi connectivity index (χ3n) is 2.77. The molecule has 0 spiro atoms. The van der Waals surface area contributed by atoms with Gasteiger partial charge in [0.1, 0.15) is 5.75 Å². The van der Waals surface area contributed by atoms with E-state index in [0.717, 1.165) is 27.8 Å². The van der Waals surface area contributed by atoms with Crippen LogP contribution in [0.2, 0.25) is 0 Å². The highest BCUT2D eigenvalue weighted by Gasteiger charge is 2.03. The molecular weight excluding hydrogens is 226 g/mol. The van der Waals surface area contributed by atoms with E-state index >= 15 is 0 Å². The first-order valence-electron chi connectivity index (χ1n) is 5.46. The Morgan fingerprint density at radius 3 is 2.28 bits per heavy atom. The normalized spacial score (nSPS) is 10.4. The second-order valence-corrected chi connectivity index (χ2v) is 3.89. The standard InChI is InChI=1S/C14H9N3O/c1-18-10-3-5-12-14(7-10)17-11-4-2-9(8-15)6-13(11)16-12/h2-7H,1H3. The minimum absolute atomic E-state index is 0.588. The molecule has 86 valence electrons. The fraction of sp³-hybridized carbons (Fsp3) is 0.0714. The predicted molar refractivity (Wildman–Crippen MR) is 68.3 cm³/mol. The molecule has 4 heteroatoms. The summed E-state index contributed by atoms with van der Waals surface area (Å²) in [5.41, 5.74) is 3.66. The van der Waals surface area contributed by atoms with Crippen LogP contribution in [0.25, 0.3) is 22.1 Å². The van der Waals surface area contributed by atoms with Gasteiger partial charge in [0.05, 0.1) is 40.8 Å². The largest absolute Gasteiger partial charge is 0.497 e. The van der Waals surface area contributed by atoms with Crippen LogP contribution in [0.15, 0.2) is 36.4 Å². The molecule has 0 aliphatic rings. The summed E-state index contributed by atoms with van der Waals surface area (Å²) in [6.45, 7) is 0. The third kappa shape index (κ3) is 1.62. The lowest BCUT2D eigenvalue weighted by Crippen LogP contribution is -1.89. The van der Waals surface area contributed by atoms with E-state index in [-0.39, 0.29) is 0 Å². The molecule has 1 aromatic heterocycles. The second kappa shape index (κ2) is 3.97. The van der Waals surface area contributed by atoms with Gasteiger partial charge in [0, 0.05) is 6.07 Å². The van der Waals surface area contributed by atoms with E-state index in [1.54, 1.807) is 25.3 Å². The van der Waals surface area contributed by atoms with Crippen LogP contribution in [0.5, 0.6) is 5.75 Å². The Labute approximate surface area is 103 Å². The van der Waals surface area contributed by atoms with Gasteiger partial charge in [0.2, 0.25) is 0 Å². The summed E-state index contributed by atoms with van der Waals surface area (Å²) in [6.07, 6.45) is 0. The molecule has 0 saturated carbocycles. The van der Waals surface area contributed by atoms with Crippen molar-refractivity contribution in [1.82, 2.24) is 9.97 Å². The average Bonchev–Trinajstić information content (AvgIpc) is 2.43. The van der Waals surface area contributed by atoms with Gasteiger partial charge in [-0.15, -0.1) is 0 Å². The summed E-state index contributed by atoms with van der Waals surface area (Å²) in [7, 11) is 1.62. The van der Waals surface area contributed by atoms with Crippen LogP contribution in [-0.4, -0.2) is 17.1 Å². The van der Waals surface area contributed by atoms with Crippen molar-refractivity contribution in [1.29, 1.82) is 5.26 Å². The topological polar surface area (TPSA) is 58.8 Å². The molecule has 3 rings (SSSR count). The molecule has 18 heavy (non-hydrogen) atoms. The molecule has 0 unspecified atom stereocenters. The molecular formula is C14H9N3O. The molecule has 0 fully saturated rings. The fourth-order valence-electron chi connectivity index (χ4n) is 1.85. The number of nitrogens with zero attached hydrogens (tertiary/aromatic N) is 3. The van der Waals surface area contributed by atoms with Gasteiger partial charge in [-0.25, -0.2) is 9.97 Å². The van der Waals surface area contributed by atoms with Gasteiger partial charge < -0.3 is 4.74 Å². The van der Waals surface area contributed by atoms with Crippen molar-refractivity contribution in [3.05, 3.63) is 42.0 Å². The first-order valence-corrected chi connectivity index (χ1v) is 5.46. The molecule has 0 amide bonds. The number of hydrogen-bond donors (Lipinski definition) is 0. The minimum atomic E-state index is 0.588. The quantitative estimate of drug-likeness (QED) is 0.608. The molecule has 0 saturated heterocycles. The zero-order chi connectivity index (χ0) is 12.5. The van der Waals surface area contributed by atoms with E-state index in [1.165, 1.54) is 0 Å². The van der Waals surface area contributed by atoms with Crippen LogP contribution in [0.4, 0.5) is 0 Å². The highest BCUT2D eigenvalue weighted by Crippen LogP contribution is 2.21. The van der Waals surface area contributed by atoms with Crippen LogP contribution in [0, 0.1) is 11.3 Å². The maximum absolute atomic E-state index is 8.86. The number of benzene rings is 2. The first kappa shape index (κ1) is 10.5. The van der Waals surface area contributed by atoms with E-state index in [1.807, 2.05) is 18.2 Å². The van der Waals surface area contributed by atoms with Crippen LogP contribution in [0.1, 0.15) is 5.56 Å². The van der Waals surface area contributed by atoms with Crippen LogP contribution >= 0.6 is 0 Å². The predicted octanol–water partition coefficient (Wildman–Crippen LogP) is 2.66. The number of aromatic nitrogens is 2. The molecule has 0 atom stereocenters. The van der Waals surface area contributed by atoms with E-state index in [9.17, 15) is 0 Å². The van der Waals surface area contributed by atoms with Crippen LogP contribution < -0.4 is 4.74 Å². The Hall–Kier alpha value is -2.67. The molecule has 3 aromatic rings. The summed E-state index contributed by atoms with van der Waals surface area (Å²) in [4.78, 5) is 9.00. The number of hydrogen-bond acceptors (Lipinski definition) is 4. The zero-order valence-electron chi connectivity index (χ0n) is 9.71. The first-order chi connectivity index (χ1) is 8.80. The highest BCUT2D eigenvalue weighted by molar-refractivity contribution is 5.87. The Morgan fingerprint density at radius 2 is 1.61 bits per heavy atom. The molecule has 0 N–H and O–H groups in total. The number of rotatable bonds is 1. The summed E-state index contributed by atoms with van der Waals surface area (Å²) in [5, 5.41) is 8.86. The van der Waals surface area contributed by atoms with Gasteiger partial charge in [-0.1, -0.05) is 0 Å². The minimum Gasteiger partial charge on any atom is -0.497 e. The molecule has 1 heterocycles. The van der Waals surface area contributed by atoms with Crippen molar-refractivity contribution in [2.24, 2.45) is 0 Å². The lowest BCUT2D eigenvalue weighted by Gasteiger charge is -2.03. The SMILES string of the molecule is COc1ccc2nc3cc(C#N)ccc3nc2c1. The fourth-order valence-corrected chi connectivity index (χ4v) is 1.85. The molecule has 4 nitrogen and oxygen atoms in total. The Balaban J connectivity index is 2.32. The van der Waals surface area contributed by atoms with Gasteiger partial charge >= 0.3 is 0 Å². The van der Waals surface area contributed by atoms with E-state index < -0.39 is 0 Å². The maximum Gasteiger partial charge on any atom is 0.121 e. The summed E-state index contributed by atoms with van der Waals surface area (Å²) < 4.78 is 5.16. The average molecular weight is 235 g/mol. The van der Waals surface area contributed by atoms with Gasteiger partial charge in [-0.3, -0.25) is 0 Å². The van der Waals surface area contributed by atoms with E-state index in [2.05, 4.69) is 16.0 Å². The van der Waals surface area contributed by atoms with E-state index in [0.29, 0.717) is 5.56 Å². The van der Waals surface area contributed by atoms with Gasteiger partial charge in [0.25, 0.3) is 0 Å². The Bertz CT molecular complexity index is 790. The van der Waals surface area contributed by atoms with E-state index in [4.69, 9.17) is 10.00 Å². The summed E-state index contributed by atoms with van der Waals surface area (Å²) in [5.74, 6) is 0.754. The molecule has 2 aromatic carbocycles. The Kier molecular flexibility index (Phi) is 2.31. The van der Waals surface area contributed by atoms with Crippen molar-refractivity contribution in [2.75, 3.05) is 7.11 Å². The number of ether oxygens (including phenoxy) is 1. The molecule has 0 radical (unpaired) electrons. The third-order valence-corrected chi connectivity index (χ3v) is 2.77. The molecule has 0 bridgehead atoms. The van der Waals surface area contributed by atoms with Gasteiger partial charge in [-0.2, -0.15) is 5.26 Å². The second-order valence-electron chi connectivity index (χ2n) is 3.89. The van der Waals surface area contributed by atoms with Crippen molar-refractivity contribution in [3.8, 4) is 11.8 Å². The van der Waals surface area contributed by atoms with Crippen molar-refractivity contribution in [2.45, 2.75) is 0 Å². The Morgan fingerprint density at radius 1 is 0.944 bits per heavy atom.